The Bertz CT molecular complexity index is 1060. The van der Waals surface area contributed by atoms with Gasteiger partial charge in [0.15, 0.2) is 0 Å². The quantitative estimate of drug-likeness (QED) is 0.293. The van der Waals surface area contributed by atoms with E-state index >= 15 is 0 Å². The van der Waals surface area contributed by atoms with Gasteiger partial charge in [0.1, 0.15) is 5.60 Å². The van der Waals surface area contributed by atoms with Gasteiger partial charge in [-0.05, 0) is 23.1 Å². The molecule has 0 fully saturated rings. The topological polar surface area (TPSA) is 20.2 Å². The standard InChI is InChI=1S/C23H19F13O/c1-2-8-14-9-6-7-12-16(14)17(37,15-10-4-3-5-11-15)13-18(24,25)19(26,27)20(28,29)21(30,31)22(32,33)23(34,35)36/h3-7,9-12,37H,2,8,13H2,1H3. The van der Waals surface area contributed by atoms with E-state index < -0.39 is 58.9 Å². The molecule has 0 radical (unpaired) electrons. The molecule has 2 aromatic rings. The number of aryl methyl sites for hydroxylation is 1. The van der Waals surface area contributed by atoms with Crippen LogP contribution in [0.1, 0.15) is 36.5 Å². The van der Waals surface area contributed by atoms with Gasteiger partial charge in [0.25, 0.3) is 0 Å². The van der Waals surface area contributed by atoms with E-state index in [4.69, 9.17) is 0 Å². The van der Waals surface area contributed by atoms with E-state index in [0.717, 1.165) is 36.4 Å². The summed E-state index contributed by atoms with van der Waals surface area (Å²) >= 11 is 0. The molecule has 0 heterocycles. The first-order chi connectivity index (χ1) is 16.6. The fourth-order valence-electron chi connectivity index (χ4n) is 3.71. The van der Waals surface area contributed by atoms with E-state index in [1.807, 2.05) is 0 Å². The van der Waals surface area contributed by atoms with Gasteiger partial charge in [-0.3, -0.25) is 0 Å². The second-order valence-corrected chi connectivity index (χ2v) is 8.31. The first-order valence-corrected chi connectivity index (χ1v) is 10.4. The molecule has 0 aliphatic heterocycles. The van der Waals surface area contributed by atoms with E-state index in [0.29, 0.717) is 6.42 Å². The number of aliphatic hydroxyl groups is 1. The van der Waals surface area contributed by atoms with E-state index in [1.165, 1.54) is 18.2 Å². The highest BCUT2D eigenvalue weighted by atomic mass is 19.4. The maximum absolute atomic E-state index is 14.8. The minimum absolute atomic E-state index is 0.0410. The van der Waals surface area contributed by atoms with Gasteiger partial charge < -0.3 is 5.11 Å². The molecule has 0 aliphatic carbocycles. The van der Waals surface area contributed by atoms with Crippen LogP contribution in [0.15, 0.2) is 54.6 Å². The van der Waals surface area contributed by atoms with E-state index in [-0.39, 0.29) is 12.0 Å². The van der Waals surface area contributed by atoms with E-state index in [9.17, 15) is 62.2 Å². The lowest BCUT2D eigenvalue weighted by Crippen LogP contribution is -2.70. The third-order valence-electron chi connectivity index (χ3n) is 5.71. The van der Waals surface area contributed by atoms with Gasteiger partial charge in [-0.2, -0.15) is 57.1 Å². The summed E-state index contributed by atoms with van der Waals surface area (Å²) < 4.78 is 177. The molecule has 2 rings (SSSR count). The maximum Gasteiger partial charge on any atom is 0.460 e. The summed E-state index contributed by atoms with van der Waals surface area (Å²) in [6.45, 7) is 1.60. The fraction of sp³-hybridized carbons (Fsp3) is 0.478. The summed E-state index contributed by atoms with van der Waals surface area (Å²) in [4.78, 5) is 0. The van der Waals surface area contributed by atoms with Crippen LogP contribution >= 0.6 is 0 Å². The largest absolute Gasteiger partial charge is 0.460 e. The van der Waals surface area contributed by atoms with Crippen molar-refractivity contribution in [2.45, 2.75) is 67.6 Å². The Morgan fingerprint density at radius 1 is 0.595 bits per heavy atom. The van der Waals surface area contributed by atoms with E-state index in [1.54, 1.807) is 6.92 Å². The van der Waals surface area contributed by atoms with Gasteiger partial charge in [-0.15, -0.1) is 0 Å². The number of hydrogen-bond acceptors (Lipinski definition) is 1. The highest BCUT2D eigenvalue weighted by Gasteiger charge is 2.90. The second-order valence-electron chi connectivity index (χ2n) is 8.31. The first-order valence-electron chi connectivity index (χ1n) is 10.4. The molecule has 0 aliphatic rings. The normalized spacial score (nSPS) is 16.0. The van der Waals surface area contributed by atoms with Crippen molar-refractivity contribution in [1.82, 2.24) is 0 Å². The van der Waals surface area contributed by atoms with Crippen LogP contribution in [-0.4, -0.2) is 40.9 Å². The lowest BCUT2D eigenvalue weighted by Gasteiger charge is -2.42. The van der Waals surface area contributed by atoms with Gasteiger partial charge in [-0.25, -0.2) is 0 Å². The molecule has 1 N–H and O–H groups in total. The molecular weight excluding hydrogens is 539 g/mol. The van der Waals surface area contributed by atoms with Crippen molar-refractivity contribution in [2.75, 3.05) is 0 Å². The number of alkyl halides is 13. The lowest BCUT2D eigenvalue weighted by molar-refractivity contribution is -0.441. The van der Waals surface area contributed by atoms with Gasteiger partial charge in [0.2, 0.25) is 0 Å². The zero-order chi connectivity index (χ0) is 28.7. The maximum atomic E-state index is 14.8. The molecule has 0 spiro atoms. The Morgan fingerprint density at radius 2 is 1.05 bits per heavy atom. The highest BCUT2D eigenvalue weighted by molar-refractivity contribution is 5.42. The zero-order valence-electron chi connectivity index (χ0n) is 18.7. The van der Waals surface area contributed by atoms with Crippen LogP contribution < -0.4 is 0 Å². The summed E-state index contributed by atoms with van der Waals surface area (Å²) in [7, 11) is 0. The Hall–Kier alpha value is -2.51. The molecule has 1 nitrogen and oxygen atoms in total. The average Bonchev–Trinajstić information content (AvgIpc) is 2.78. The van der Waals surface area contributed by atoms with Crippen LogP contribution in [-0.2, 0) is 12.0 Å². The summed E-state index contributed by atoms with van der Waals surface area (Å²) in [5.74, 6) is -37.7. The summed E-state index contributed by atoms with van der Waals surface area (Å²) in [5, 5.41) is 11.2. The van der Waals surface area contributed by atoms with Crippen molar-refractivity contribution in [3.05, 3.63) is 71.3 Å². The molecule has 1 unspecified atom stereocenters. The molecule has 208 valence electrons. The molecule has 0 saturated carbocycles. The van der Waals surface area contributed by atoms with E-state index in [2.05, 4.69) is 0 Å². The molecule has 0 aromatic heterocycles. The molecule has 0 saturated heterocycles. The van der Waals surface area contributed by atoms with Crippen molar-refractivity contribution >= 4 is 0 Å². The molecule has 37 heavy (non-hydrogen) atoms. The van der Waals surface area contributed by atoms with Crippen LogP contribution in [0.4, 0.5) is 57.1 Å². The molecule has 2 aromatic carbocycles. The smallest absolute Gasteiger partial charge is 0.380 e. The zero-order valence-corrected chi connectivity index (χ0v) is 18.7. The number of halogens is 13. The SMILES string of the molecule is CCCc1ccccc1C(O)(CC(F)(F)C(F)(F)C(F)(F)C(F)(F)C(F)(F)C(F)(F)F)c1ccccc1. The van der Waals surface area contributed by atoms with Crippen LogP contribution in [0, 0.1) is 0 Å². The van der Waals surface area contributed by atoms with Crippen LogP contribution in [0.25, 0.3) is 0 Å². The minimum Gasteiger partial charge on any atom is -0.380 e. The Labute approximate surface area is 201 Å². The number of benzene rings is 2. The third kappa shape index (κ3) is 4.88. The average molecular weight is 558 g/mol. The van der Waals surface area contributed by atoms with Gasteiger partial charge in [0.05, 0.1) is 6.42 Å². The monoisotopic (exact) mass is 558 g/mol. The predicted octanol–water partition coefficient (Wildman–Crippen LogP) is 8.00. The molecule has 0 bridgehead atoms. The summed E-state index contributed by atoms with van der Waals surface area (Å²) in [6.07, 6.45) is -9.92. The lowest BCUT2D eigenvalue weighted by atomic mass is 9.76. The minimum atomic E-state index is -8.00. The van der Waals surface area contributed by atoms with Crippen LogP contribution in [0.3, 0.4) is 0 Å². The van der Waals surface area contributed by atoms with Crippen molar-refractivity contribution in [3.8, 4) is 0 Å². The van der Waals surface area contributed by atoms with Gasteiger partial charge >= 0.3 is 35.8 Å². The predicted molar refractivity (Wildman–Crippen MR) is 105 cm³/mol. The van der Waals surface area contributed by atoms with Crippen LogP contribution in [0.5, 0.6) is 0 Å². The Morgan fingerprint density at radius 3 is 1.54 bits per heavy atom. The fourth-order valence-corrected chi connectivity index (χ4v) is 3.71. The Kier molecular flexibility index (Phi) is 8.02. The molecule has 0 amide bonds. The molecular formula is C23H19F13O. The summed E-state index contributed by atoms with van der Waals surface area (Å²) in [5.41, 5.74) is -4.34. The van der Waals surface area contributed by atoms with Crippen molar-refractivity contribution in [1.29, 1.82) is 0 Å². The highest BCUT2D eigenvalue weighted by Crippen LogP contribution is 2.61. The van der Waals surface area contributed by atoms with Gasteiger partial charge in [0, 0.05) is 0 Å². The molecule has 1 atom stereocenters. The number of rotatable bonds is 10. The molecule has 14 heteroatoms. The third-order valence-corrected chi connectivity index (χ3v) is 5.71. The second kappa shape index (κ2) is 9.66. The van der Waals surface area contributed by atoms with Gasteiger partial charge in [-0.1, -0.05) is 67.9 Å². The van der Waals surface area contributed by atoms with Crippen molar-refractivity contribution in [3.63, 3.8) is 0 Å². The Balaban J connectivity index is 2.72. The summed E-state index contributed by atoms with van der Waals surface area (Å²) in [6, 6.07) is 10.2. The first kappa shape index (κ1) is 30.7. The van der Waals surface area contributed by atoms with Crippen molar-refractivity contribution < 1.29 is 62.2 Å². The number of hydrogen-bond donors (Lipinski definition) is 1. The van der Waals surface area contributed by atoms with Crippen molar-refractivity contribution in [2.24, 2.45) is 0 Å². The van der Waals surface area contributed by atoms with Crippen LogP contribution in [0.2, 0.25) is 0 Å².